The second-order valence-corrected chi connectivity index (χ2v) is 5.39. The predicted molar refractivity (Wildman–Crippen MR) is 81.0 cm³/mol. The van der Waals surface area contributed by atoms with Gasteiger partial charge in [-0.25, -0.2) is 0 Å². The second kappa shape index (κ2) is 5.44. The highest BCUT2D eigenvalue weighted by Gasteiger charge is 2.34. The van der Waals surface area contributed by atoms with Crippen molar-refractivity contribution >= 4 is 11.8 Å². The molecule has 0 aliphatic carbocycles. The maximum atomic E-state index is 11.7. The van der Waals surface area contributed by atoms with Crippen molar-refractivity contribution in [2.45, 2.75) is 25.3 Å². The largest absolute Gasteiger partial charge is 0.371 e. The Bertz CT molecular complexity index is 634. The summed E-state index contributed by atoms with van der Waals surface area (Å²) in [6.07, 6.45) is 3.14. The molecule has 0 aromatic heterocycles. The smallest absolute Gasteiger partial charge is 0.248 e. The van der Waals surface area contributed by atoms with Gasteiger partial charge in [0.25, 0.3) is 0 Å². The van der Waals surface area contributed by atoms with Gasteiger partial charge in [0.2, 0.25) is 11.8 Å². The Balaban J connectivity index is 2.42. The first-order valence-corrected chi connectivity index (χ1v) is 6.71. The molecule has 1 aromatic rings. The molecule has 110 valence electrons. The van der Waals surface area contributed by atoms with Crippen LogP contribution in [0.4, 0.5) is 0 Å². The number of amides is 2. The number of rotatable bonds is 4. The Hall–Kier alpha value is -2.56. The third-order valence-electron chi connectivity index (χ3n) is 3.72. The molecule has 2 atom stereocenters. The van der Waals surface area contributed by atoms with E-state index >= 15 is 0 Å². The number of carbonyl (C=O) groups is 2. The molecule has 0 saturated heterocycles. The molecule has 5 nitrogen and oxygen atoms in total. The fourth-order valence-electron chi connectivity index (χ4n) is 2.32. The molecule has 0 radical (unpaired) electrons. The minimum atomic E-state index is -1.13. The Morgan fingerprint density at radius 3 is 2.33 bits per heavy atom. The van der Waals surface area contributed by atoms with Crippen molar-refractivity contribution in [3.8, 4) is 0 Å². The van der Waals surface area contributed by atoms with E-state index in [4.69, 9.17) is 11.5 Å². The Kier molecular flexibility index (Phi) is 3.84. The number of hydrogen-bond donors (Lipinski definition) is 3. The molecule has 1 heterocycles. The zero-order valence-electron chi connectivity index (χ0n) is 12.1. The van der Waals surface area contributed by atoms with E-state index < -0.39 is 17.4 Å². The molecule has 21 heavy (non-hydrogen) atoms. The summed E-state index contributed by atoms with van der Waals surface area (Å²) in [5, 5.41) is 3.11. The molecule has 1 unspecified atom stereocenters. The van der Waals surface area contributed by atoms with Gasteiger partial charge in [-0.15, -0.1) is 0 Å². The molecule has 0 saturated carbocycles. The minimum absolute atomic E-state index is 0.0204. The van der Waals surface area contributed by atoms with Gasteiger partial charge < -0.3 is 16.8 Å². The molecule has 1 aliphatic heterocycles. The maximum absolute atomic E-state index is 11.7. The fraction of sp³-hybridized carbons (Fsp3) is 0.250. The molecule has 2 rings (SSSR count). The van der Waals surface area contributed by atoms with Gasteiger partial charge in [0.05, 0.1) is 0 Å². The van der Waals surface area contributed by atoms with Crippen molar-refractivity contribution < 1.29 is 9.59 Å². The quantitative estimate of drug-likeness (QED) is 0.767. The summed E-state index contributed by atoms with van der Waals surface area (Å²) in [5.74, 6) is -1.17. The molecule has 1 aliphatic rings. The van der Waals surface area contributed by atoms with Gasteiger partial charge in [0, 0.05) is 17.2 Å². The highest BCUT2D eigenvalue weighted by molar-refractivity contribution is 5.98. The average Bonchev–Trinajstić information content (AvgIpc) is 2.46. The van der Waals surface area contributed by atoms with Gasteiger partial charge in [-0.1, -0.05) is 37.3 Å². The topological polar surface area (TPSA) is 98.2 Å². The third kappa shape index (κ3) is 2.97. The number of allylic oxidation sites excluding steroid dienone is 1. The number of nitrogens with one attached hydrogen (secondary N) is 1. The Morgan fingerprint density at radius 2 is 1.81 bits per heavy atom. The van der Waals surface area contributed by atoms with Crippen molar-refractivity contribution in [1.82, 2.24) is 5.32 Å². The summed E-state index contributed by atoms with van der Waals surface area (Å²) < 4.78 is 0. The molecular formula is C16H19N3O2. The van der Waals surface area contributed by atoms with Crippen molar-refractivity contribution in [2.24, 2.45) is 11.5 Å². The highest BCUT2D eigenvalue weighted by atomic mass is 16.2. The molecule has 5 N–H and O–H groups in total. The lowest BCUT2D eigenvalue weighted by molar-refractivity contribution is -0.121. The van der Waals surface area contributed by atoms with Crippen LogP contribution in [-0.2, 0) is 9.59 Å². The summed E-state index contributed by atoms with van der Waals surface area (Å²) in [6, 6.07) is 9.77. The van der Waals surface area contributed by atoms with E-state index in [0.29, 0.717) is 0 Å². The van der Waals surface area contributed by atoms with E-state index in [-0.39, 0.29) is 11.5 Å². The number of primary amides is 2. The van der Waals surface area contributed by atoms with Crippen LogP contribution in [-0.4, -0.2) is 17.4 Å². The third-order valence-corrected chi connectivity index (χ3v) is 3.72. The summed E-state index contributed by atoms with van der Waals surface area (Å²) >= 11 is 0. The van der Waals surface area contributed by atoms with Gasteiger partial charge in [-0.05, 0) is 24.6 Å². The van der Waals surface area contributed by atoms with Crippen LogP contribution >= 0.6 is 0 Å². The number of dihydropyridines is 1. The van der Waals surface area contributed by atoms with Gasteiger partial charge in [-0.3, -0.25) is 9.59 Å². The van der Waals surface area contributed by atoms with Crippen LogP contribution in [0.2, 0.25) is 0 Å². The van der Waals surface area contributed by atoms with Crippen LogP contribution in [0.25, 0.3) is 0 Å². The van der Waals surface area contributed by atoms with Crippen LogP contribution in [0.3, 0.4) is 0 Å². The van der Waals surface area contributed by atoms with E-state index in [0.717, 1.165) is 11.3 Å². The average molecular weight is 285 g/mol. The minimum Gasteiger partial charge on any atom is -0.371 e. The van der Waals surface area contributed by atoms with Crippen molar-refractivity contribution in [3.05, 3.63) is 59.3 Å². The van der Waals surface area contributed by atoms with Crippen LogP contribution < -0.4 is 16.8 Å². The van der Waals surface area contributed by atoms with Crippen molar-refractivity contribution in [1.29, 1.82) is 0 Å². The van der Waals surface area contributed by atoms with Gasteiger partial charge in [0.15, 0.2) is 0 Å². The molecule has 5 heteroatoms. The summed E-state index contributed by atoms with van der Waals surface area (Å²) in [6.45, 7) is 3.61. The lowest BCUT2D eigenvalue weighted by atomic mass is 9.87. The lowest BCUT2D eigenvalue weighted by Gasteiger charge is -2.33. The van der Waals surface area contributed by atoms with E-state index in [9.17, 15) is 9.59 Å². The zero-order chi connectivity index (χ0) is 15.6. The predicted octanol–water partition coefficient (Wildman–Crippen LogP) is 0.933. The second-order valence-electron chi connectivity index (χ2n) is 5.39. The molecule has 0 fully saturated rings. The number of carbonyl (C=O) groups excluding carboxylic acids is 2. The number of hydrogen-bond acceptors (Lipinski definition) is 3. The van der Waals surface area contributed by atoms with E-state index in [1.165, 1.54) is 6.08 Å². The Labute approximate surface area is 123 Å². The molecule has 2 amide bonds. The normalized spacial score (nSPS) is 22.6. The van der Waals surface area contributed by atoms with Crippen LogP contribution in [0, 0.1) is 0 Å². The zero-order valence-corrected chi connectivity index (χ0v) is 12.1. The first kappa shape index (κ1) is 14.8. The number of benzene rings is 1. The van der Waals surface area contributed by atoms with E-state index in [1.807, 2.05) is 37.3 Å². The van der Waals surface area contributed by atoms with Crippen LogP contribution in [0.1, 0.15) is 25.3 Å². The lowest BCUT2D eigenvalue weighted by Crippen LogP contribution is -2.53. The SMILES string of the molecule is C[C@H](C1=CC(C(N)=O)=CC(C)(C(N)=O)N1)c1ccccc1. The van der Waals surface area contributed by atoms with Gasteiger partial charge >= 0.3 is 0 Å². The van der Waals surface area contributed by atoms with Crippen molar-refractivity contribution in [3.63, 3.8) is 0 Å². The van der Waals surface area contributed by atoms with Crippen LogP contribution in [0.15, 0.2) is 53.8 Å². The van der Waals surface area contributed by atoms with E-state index in [2.05, 4.69) is 5.32 Å². The Morgan fingerprint density at radius 1 is 1.19 bits per heavy atom. The first-order valence-electron chi connectivity index (χ1n) is 6.71. The fourth-order valence-corrected chi connectivity index (χ4v) is 2.32. The standard InChI is InChI=1S/C16H19N3O2/c1-10(11-6-4-3-5-7-11)13-8-12(14(17)20)9-16(2,19-13)15(18)21/h3-10,19H,1-2H3,(H2,17,20)(H2,18,21)/t10-,16?/m0/s1. The molecule has 1 aromatic carbocycles. The van der Waals surface area contributed by atoms with Gasteiger partial charge in [0.1, 0.15) is 5.54 Å². The summed E-state index contributed by atoms with van der Waals surface area (Å²) in [5.41, 5.74) is 11.8. The van der Waals surface area contributed by atoms with Gasteiger partial charge in [-0.2, -0.15) is 0 Å². The summed E-state index contributed by atoms with van der Waals surface area (Å²) in [7, 11) is 0. The molecule has 0 bridgehead atoms. The summed E-state index contributed by atoms with van der Waals surface area (Å²) in [4.78, 5) is 23.2. The monoisotopic (exact) mass is 285 g/mol. The van der Waals surface area contributed by atoms with E-state index in [1.54, 1.807) is 13.0 Å². The van der Waals surface area contributed by atoms with Crippen LogP contribution in [0.5, 0.6) is 0 Å². The molecular weight excluding hydrogens is 266 g/mol. The first-order chi connectivity index (χ1) is 9.83. The highest BCUT2D eigenvalue weighted by Crippen LogP contribution is 2.28. The molecule has 0 spiro atoms. The maximum Gasteiger partial charge on any atom is 0.248 e. The van der Waals surface area contributed by atoms with Crippen molar-refractivity contribution in [2.75, 3.05) is 0 Å². The number of nitrogens with two attached hydrogens (primary N) is 2.